The van der Waals surface area contributed by atoms with Gasteiger partial charge in [-0.25, -0.2) is 0 Å². The molecule has 0 atom stereocenters. The second kappa shape index (κ2) is 8.74. The summed E-state index contributed by atoms with van der Waals surface area (Å²) in [7, 11) is 0. The van der Waals surface area contributed by atoms with Gasteiger partial charge in [-0.15, -0.1) is 0 Å². The van der Waals surface area contributed by atoms with Crippen LogP contribution < -0.4 is 5.32 Å². The van der Waals surface area contributed by atoms with Gasteiger partial charge in [-0.1, -0.05) is 24.3 Å². The maximum Gasteiger partial charge on any atom is 0.273 e. The number of benzene rings is 1. The van der Waals surface area contributed by atoms with E-state index in [1.807, 2.05) is 6.07 Å². The highest BCUT2D eigenvalue weighted by Crippen LogP contribution is 2.23. The molecular formula is C21H20N6O4. The summed E-state index contributed by atoms with van der Waals surface area (Å²) in [4.78, 5) is 41.8. The van der Waals surface area contributed by atoms with Crippen molar-refractivity contribution >= 4 is 17.5 Å². The molecule has 2 N–H and O–H groups in total. The lowest BCUT2D eigenvalue weighted by Crippen LogP contribution is -2.37. The van der Waals surface area contributed by atoms with Gasteiger partial charge in [-0.3, -0.25) is 29.8 Å². The molecule has 0 unspecified atom stereocenters. The van der Waals surface area contributed by atoms with E-state index in [0.29, 0.717) is 30.6 Å². The van der Waals surface area contributed by atoms with E-state index in [-0.39, 0.29) is 36.2 Å². The maximum atomic E-state index is 12.8. The Morgan fingerprint density at radius 3 is 2.84 bits per heavy atom. The summed E-state index contributed by atoms with van der Waals surface area (Å²) >= 11 is 0. The first-order valence-electron chi connectivity index (χ1n) is 9.76. The number of nitrogens with zero attached hydrogens (tertiary/aromatic N) is 4. The molecule has 0 radical (unpaired) electrons. The van der Waals surface area contributed by atoms with Gasteiger partial charge in [0.25, 0.3) is 11.6 Å². The van der Waals surface area contributed by atoms with E-state index in [0.717, 1.165) is 11.3 Å². The Balaban J connectivity index is 1.45. The molecular weight excluding hydrogens is 400 g/mol. The third kappa shape index (κ3) is 4.42. The summed E-state index contributed by atoms with van der Waals surface area (Å²) in [5, 5.41) is 21.1. The van der Waals surface area contributed by atoms with E-state index in [2.05, 4.69) is 20.5 Å². The van der Waals surface area contributed by atoms with Gasteiger partial charge in [0.15, 0.2) is 5.69 Å². The molecule has 0 saturated heterocycles. The predicted octanol–water partition coefficient (Wildman–Crippen LogP) is 1.77. The first-order valence-corrected chi connectivity index (χ1v) is 9.76. The standard InChI is InChI=1S/C21H20N6O4/c28-19(10-15-5-1-2-6-18(15)27(30)31)26-9-7-17-16(13-26)20(25-24-17)21(29)23-12-14-4-3-8-22-11-14/h1-6,8,11H,7,9-10,12-13H2,(H,23,29)(H,24,25). The Kier molecular flexibility index (Phi) is 5.69. The second-order valence-electron chi connectivity index (χ2n) is 7.20. The van der Waals surface area contributed by atoms with Gasteiger partial charge < -0.3 is 10.2 Å². The summed E-state index contributed by atoms with van der Waals surface area (Å²) < 4.78 is 0. The van der Waals surface area contributed by atoms with Gasteiger partial charge in [0.1, 0.15) is 0 Å². The number of pyridine rings is 1. The van der Waals surface area contributed by atoms with E-state index in [1.54, 1.807) is 41.6 Å². The van der Waals surface area contributed by atoms with Crippen LogP contribution in [0, 0.1) is 10.1 Å². The van der Waals surface area contributed by atoms with Crippen molar-refractivity contribution in [3.05, 3.63) is 87.0 Å². The molecule has 10 heteroatoms. The number of carbonyl (C=O) groups excluding carboxylic acids is 2. The summed E-state index contributed by atoms with van der Waals surface area (Å²) in [6.45, 7) is 0.987. The number of aromatic nitrogens is 3. The van der Waals surface area contributed by atoms with Crippen LogP contribution in [0.25, 0.3) is 0 Å². The smallest absolute Gasteiger partial charge is 0.273 e. The SMILES string of the molecule is O=C(NCc1cccnc1)c1n[nH]c2c1CN(C(=O)Cc1ccccc1[N+](=O)[O-])CC2. The fourth-order valence-corrected chi connectivity index (χ4v) is 3.58. The molecule has 158 valence electrons. The average molecular weight is 420 g/mol. The number of carbonyl (C=O) groups is 2. The minimum Gasteiger partial charge on any atom is -0.346 e. The van der Waals surface area contributed by atoms with Gasteiger partial charge in [-0.05, 0) is 11.6 Å². The summed E-state index contributed by atoms with van der Waals surface area (Å²) in [6.07, 6.45) is 3.78. The minimum absolute atomic E-state index is 0.0765. The zero-order valence-corrected chi connectivity index (χ0v) is 16.6. The fourth-order valence-electron chi connectivity index (χ4n) is 3.58. The average Bonchev–Trinajstić information content (AvgIpc) is 3.22. The van der Waals surface area contributed by atoms with Gasteiger partial charge >= 0.3 is 0 Å². The Bertz CT molecular complexity index is 1130. The lowest BCUT2D eigenvalue weighted by atomic mass is 10.0. The van der Waals surface area contributed by atoms with Crippen LogP contribution in [0.15, 0.2) is 48.8 Å². The van der Waals surface area contributed by atoms with Crippen LogP contribution in [0.1, 0.15) is 32.9 Å². The molecule has 10 nitrogen and oxygen atoms in total. The molecule has 0 aliphatic carbocycles. The van der Waals surface area contributed by atoms with Gasteiger partial charge in [0.05, 0.1) is 11.3 Å². The summed E-state index contributed by atoms with van der Waals surface area (Å²) in [5.41, 5.74) is 2.90. The van der Waals surface area contributed by atoms with Crippen molar-refractivity contribution in [2.75, 3.05) is 6.54 Å². The molecule has 1 aliphatic rings. The van der Waals surface area contributed by atoms with Gasteiger partial charge in [0.2, 0.25) is 5.91 Å². The molecule has 0 saturated carbocycles. The maximum absolute atomic E-state index is 12.8. The monoisotopic (exact) mass is 420 g/mol. The van der Waals surface area contributed by atoms with Crippen LogP contribution in [0.4, 0.5) is 5.69 Å². The van der Waals surface area contributed by atoms with E-state index in [4.69, 9.17) is 0 Å². The molecule has 2 aromatic heterocycles. The third-order valence-corrected chi connectivity index (χ3v) is 5.21. The Labute approximate surface area is 177 Å². The molecule has 1 aromatic carbocycles. The Hall–Kier alpha value is -4.08. The van der Waals surface area contributed by atoms with E-state index in [1.165, 1.54) is 6.07 Å². The molecule has 1 aliphatic heterocycles. The van der Waals surface area contributed by atoms with Crippen LogP contribution in [0.2, 0.25) is 0 Å². The zero-order valence-electron chi connectivity index (χ0n) is 16.6. The van der Waals surface area contributed by atoms with Crippen molar-refractivity contribution in [1.82, 2.24) is 25.4 Å². The molecule has 31 heavy (non-hydrogen) atoms. The number of nitro benzene ring substituents is 1. The first kappa shape index (κ1) is 20.2. The first-order chi connectivity index (χ1) is 15.0. The molecule has 2 amide bonds. The molecule has 0 spiro atoms. The summed E-state index contributed by atoms with van der Waals surface area (Å²) in [5.74, 6) is -0.572. The molecule has 3 heterocycles. The van der Waals surface area contributed by atoms with Crippen LogP contribution in [0.5, 0.6) is 0 Å². The molecule has 0 bridgehead atoms. The topological polar surface area (TPSA) is 134 Å². The number of nitro groups is 1. The van der Waals surface area contributed by atoms with Crippen molar-refractivity contribution < 1.29 is 14.5 Å². The number of amides is 2. The van der Waals surface area contributed by atoms with E-state index in [9.17, 15) is 19.7 Å². The van der Waals surface area contributed by atoms with Crippen molar-refractivity contribution in [2.45, 2.75) is 25.9 Å². The van der Waals surface area contributed by atoms with Crippen molar-refractivity contribution in [1.29, 1.82) is 0 Å². The predicted molar refractivity (Wildman–Crippen MR) is 110 cm³/mol. The summed E-state index contributed by atoms with van der Waals surface area (Å²) in [6, 6.07) is 9.86. The zero-order chi connectivity index (χ0) is 21.8. The molecule has 3 aromatic rings. The largest absolute Gasteiger partial charge is 0.346 e. The van der Waals surface area contributed by atoms with Gasteiger partial charge in [-0.2, -0.15) is 5.10 Å². The Morgan fingerprint density at radius 1 is 1.23 bits per heavy atom. The van der Waals surface area contributed by atoms with E-state index < -0.39 is 4.92 Å². The number of rotatable bonds is 6. The quantitative estimate of drug-likeness (QED) is 0.461. The second-order valence-corrected chi connectivity index (χ2v) is 7.20. The Morgan fingerprint density at radius 2 is 2.06 bits per heavy atom. The van der Waals surface area contributed by atoms with Crippen LogP contribution in [-0.2, 0) is 30.7 Å². The highest BCUT2D eigenvalue weighted by Gasteiger charge is 2.28. The highest BCUT2D eigenvalue weighted by molar-refractivity contribution is 5.94. The molecule has 0 fully saturated rings. The fraction of sp³-hybridized carbons (Fsp3) is 0.238. The normalized spacial score (nSPS) is 12.8. The number of hydrogen-bond acceptors (Lipinski definition) is 6. The third-order valence-electron chi connectivity index (χ3n) is 5.21. The number of aromatic amines is 1. The van der Waals surface area contributed by atoms with Crippen LogP contribution in [0.3, 0.4) is 0 Å². The molecule has 4 rings (SSSR count). The lowest BCUT2D eigenvalue weighted by Gasteiger charge is -2.27. The van der Waals surface area contributed by atoms with Crippen molar-refractivity contribution in [2.24, 2.45) is 0 Å². The number of hydrogen-bond donors (Lipinski definition) is 2. The van der Waals surface area contributed by atoms with Crippen LogP contribution >= 0.6 is 0 Å². The number of H-pyrrole nitrogens is 1. The lowest BCUT2D eigenvalue weighted by molar-refractivity contribution is -0.385. The number of fused-ring (bicyclic) bond motifs is 1. The number of nitrogens with one attached hydrogen (secondary N) is 2. The minimum atomic E-state index is -0.488. The van der Waals surface area contributed by atoms with Crippen LogP contribution in [-0.4, -0.2) is 43.4 Å². The van der Waals surface area contributed by atoms with Crippen molar-refractivity contribution in [3.8, 4) is 0 Å². The van der Waals surface area contributed by atoms with E-state index >= 15 is 0 Å². The van der Waals surface area contributed by atoms with Crippen molar-refractivity contribution in [3.63, 3.8) is 0 Å². The van der Waals surface area contributed by atoms with Gasteiger partial charge in [0, 0.05) is 61.3 Å². The number of para-hydroxylation sites is 1. The highest BCUT2D eigenvalue weighted by atomic mass is 16.6.